The lowest BCUT2D eigenvalue weighted by Crippen LogP contribution is -2.51. The van der Waals surface area contributed by atoms with E-state index in [1.807, 2.05) is 11.9 Å². The summed E-state index contributed by atoms with van der Waals surface area (Å²) in [6.45, 7) is 3.33. The fraction of sp³-hybridized carbons (Fsp3) is 0.933. The quantitative estimate of drug-likeness (QED) is 0.845. The predicted octanol–water partition coefficient (Wildman–Crippen LogP) is 2.07. The van der Waals surface area contributed by atoms with Gasteiger partial charge in [0, 0.05) is 20.7 Å². The zero-order chi connectivity index (χ0) is 13.7. The van der Waals surface area contributed by atoms with Crippen LogP contribution in [0.2, 0.25) is 0 Å². The molecule has 2 rings (SSSR count). The monoisotopic (exact) mass is 304 g/mol. The topological polar surface area (TPSA) is 41.6 Å². The lowest BCUT2D eigenvalue weighted by Gasteiger charge is -2.39. The van der Waals surface area contributed by atoms with Crippen LogP contribution < -0.4 is 5.32 Å². The molecule has 0 aromatic rings. The Morgan fingerprint density at radius 1 is 1.30 bits per heavy atom. The second-order valence-electron chi connectivity index (χ2n) is 6.30. The van der Waals surface area contributed by atoms with Crippen LogP contribution in [-0.4, -0.2) is 51.2 Å². The third kappa shape index (κ3) is 4.09. The molecule has 1 aliphatic heterocycles. The molecule has 0 atom stereocenters. The fourth-order valence-electron chi connectivity index (χ4n) is 3.67. The zero-order valence-electron chi connectivity index (χ0n) is 12.8. The highest BCUT2D eigenvalue weighted by Gasteiger charge is 2.41. The first kappa shape index (κ1) is 17.7. The zero-order valence-corrected chi connectivity index (χ0v) is 13.6. The van der Waals surface area contributed by atoms with E-state index >= 15 is 0 Å². The third-order valence-electron chi connectivity index (χ3n) is 4.79. The summed E-state index contributed by atoms with van der Waals surface area (Å²) in [5.41, 5.74) is -0.284. The summed E-state index contributed by atoms with van der Waals surface area (Å²) >= 11 is 0. The van der Waals surface area contributed by atoms with Crippen LogP contribution in [0.5, 0.6) is 0 Å². The molecule has 1 saturated carbocycles. The van der Waals surface area contributed by atoms with Gasteiger partial charge in [0.2, 0.25) is 5.91 Å². The van der Waals surface area contributed by atoms with Crippen molar-refractivity contribution in [2.75, 3.05) is 40.4 Å². The van der Waals surface area contributed by atoms with Gasteiger partial charge in [-0.1, -0.05) is 12.8 Å². The second-order valence-corrected chi connectivity index (χ2v) is 6.30. The fourth-order valence-corrected chi connectivity index (χ4v) is 3.67. The summed E-state index contributed by atoms with van der Waals surface area (Å²) < 4.78 is 5.35. The van der Waals surface area contributed by atoms with E-state index in [-0.39, 0.29) is 17.8 Å². The SMILES string of the molecule is COCC1(C(=O)N(C)CC2CCCC2)CCNCC1.Cl. The van der Waals surface area contributed by atoms with Crippen molar-refractivity contribution < 1.29 is 9.53 Å². The second kappa shape index (κ2) is 8.20. The van der Waals surface area contributed by atoms with E-state index in [1.54, 1.807) is 7.11 Å². The van der Waals surface area contributed by atoms with Crippen LogP contribution in [0.4, 0.5) is 0 Å². The number of ether oxygens (including phenoxy) is 1. The predicted molar refractivity (Wildman–Crippen MR) is 83.3 cm³/mol. The Hall–Kier alpha value is -0.320. The number of halogens is 1. The largest absolute Gasteiger partial charge is 0.384 e. The van der Waals surface area contributed by atoms with E-state index in [0.717, 1.165) is 38.4 Å². The van der Waals surface area contributed by atoms with Crippen LogP contribution in [-0.2, 0) is 9.53 Å². The van der Waals surface area contributed by atoms with E-state index in [9.17, 15) is 4.79 Å². The first-order valence-electron chi connectivity index (χ1n) is 7.63. The van der Waals surface area contributed by atoms with Crippen LogP contribution in [0.15, 0.2) is 0 Å². The molecule has 0 aromatic heterocycles. The number of amides is 1. The maximum atomic E-state index is 12.8. The number of carbonyl (C=O) groups is 1. The van der Waals surface area contributed by atoms with Crippen LogP contribution in [0.1, 0.15) is 38.5 Å². The minimum absolute atomic E-state index is 0. The van der Waals surface area contributed by atoms with Gasteiger partial charge in [0.25, 0.3) is 0 Å². The number of carbonyl (C=O) groups excluding carboxylic acids is 1. The Balaban J connectivity index is 0.00000200. The van der Waals surface area contributed by atoms with Crippen molar-refractivity contribution in [3.05, 3.63) is 0 Å². The van der Waals surface area contributed by atoms with Gasteiger partial charge >= 0.3 is 0 Å². The molecule has 0 radical (unpaired) electrons. The van der Waals surface area contributed by atoms with Gasteiger partial charge in [0.1, 0.15) is 0 Å². The molecule has 2 fully saturated rings. The maximum Gasteiger partial charge on any atom is 0.230 e. The van der Waals surface area contributed by atoms with Gasteiger partial charge in [0.15, 0.2) is 0 Å². The van der Waals surface area contributed by atoms with Crippen LogP contribution in [0, 0.1) is 11.3 Å². The first-order valence-corrected chi connectivity index (χ1v) is 7.63. The maximum absolute atomic E-state index is 12.8. The Morgan fingerprint density at radius 2 is 1.90 bits per heavy atom. The summed E-state index contributed by atoms with van der Waals surface area (Å²) in [5, 5.41) is 3.34. The Morgan fingerprint density at radius 3 is 2.45 bits per heavy atom. The van der Waals surface area contributed by atoms with Crippen LogP contribution in [0.3, 0.4) is 0 Å². The molecule has 1 amide bonds. The van der Waals surface area contributed by atoms with Crippen molar-refractivity contribution in [2.24, 2.45) is 11.3 Å². The molecule has 0 bridgehead atoms. The van der Waals surface area contributed by atoms with Crippen LogP contribution >= 0.6 is 12.4 Å². The summed E-state index contributed by atoms with van der Waals surface area (Å²) in [7, 11) is 3.67. The van der Waals surface area contributed by atoms with Crippen LogP contribution in [0.25, 0.3) is 0 Å². The standard InChI is InChI=1S/C15H28N2O2.ClH/c1-17(11-13-5-3-4-6-13)14(18)15(12-19-2)7-9-16-10-8-15;/h13,16H,3-12H2,1-2H3;1H. The number of piperidine rings is 1. The molecule has 1 aliphatic carbocycles. The van der Waals surface area contributed by atoms with Gasteiger partial charge in [-0.05, 0) is 44.7 Å². The number of hydrogen-bond donors (Lipinski definition) is 1. The van der Waals surface area contributed by atoms with Crippen molar-refractivity contribution in [1.29, 1.82) is 0 Å². The smallest absolute Gasteiger partial charge is 0.230 e. The Bertz CT molecular complexity index is 295. The van der Waals surface area contributed by atoms with E-state index in [1.165, 1.54) is 25.7 Å². The summed E-state index contributed by atoms with van der Waals surface area (Å²) in [6, 6.07) is 0. The van der Waals surface area contributed by atoms with E-state index < -0.39 is 0 Å². The van der Waals surface area contributed by atoms with Gasteiger partial charge < -0.3 is 15.0 Å². The van der Waals surface area contributed by atoms with Crippen molar-refractivity contribution in [3.63, 3.8) is 0 Å². The molecule has 20 heavy (non-hydrogen) atoms. The summed E-state index contributed by atoms with van der Waals surface area (Å²) in [4.78, 5) is 14.8. The lowest BCUT2D eigenvalue weighted by atomic mass is 9.78. The van der Waals surface area contributed by atoms with Gasteiger partial charge in [-0.3, -0.25) is 4.79 Å². The molecule has 0 unspecified atom stereocenters. The van der Waals surface area contributed by atoms with E-state index in [2.05, 4.69) is 5.32 Å². The number of hydrogen-bond acceptors (Lipinski definition) is 3. The molecule has 1 heterocycles. The van der Waals surface area contributed by atoms with E-state index in [0.29, 0.717) is 12.5 Å². The molecule has 4 nitrogen and oxygen atoms in total. The van der Waals surface area contributed by atoms with Crippen molar-refractivity contribution in [3.8, 4) is 0 Å². The molecule has 2 aliphatic rings. The number of nitrogens with zero attached hydrogens (tertiary/aromatic N) is 1. The molecular formula is C15H29ClN2O2. The van der Waals surface area contributed by atoms with Gasteiger partial charge in [0.05, 0.1) is 12.0 Å². The highest BCUT2D eigenvalue weighted by atomic mass is 35.5. The normalized spacial score (nSPS) is 22.3. The summed E-state index contributed by atoms with van der Waals surface area (Å²) in [5.74, 6) is 1.01. The minimum Gasteiger partial charge on any atom is -0.384 e. The first-order chi connectivity index (χ1) is 9.18. The third-order valence-corrected chi connectivity index (χ3v) is 4.79. The van der Waals surface area contributed by atoms with Crippen molar-refractivity contribution in [2.45, 2.75) is 38.5 Å². The molecule has 1 N–H and O–H groups in total. The molecule has 118 valence electrons. The van der Waals surface area contributed by atoms with Gasteiger partial charge in [-0.15, -0.1) is 12.4 Å². The van der Waals surface area contributed by atoms with E-state index in [4.69, 9.17) is 4.74 Å². The number of rotatable bonds is 5. The number of methoxy groups -OCH3 is 1. The Kier molecular flexibility index (Phi) is 7.27. The molecule has 0 aromatic carbocycles. The van der Waals surface area contributed by atoms with Crippen molar-refractivity contribution >= 4 is 18.3 Å². The minimum atomic E-state index is -0.284. The summed E-state index contributed by atoms with van der Waals surface area (Å²) in [6.07, 6.45) is 7.04. The van der Waals surface area contributed by atoms with Gasteiger partial charge in [-0.2, -0.15) is 0 Å². The van der Waals surface area contributed by atoms with Gasteiger partial charge in [-0.25, -0.2) is 0 Å². The lowest BCUT2D eigenvalue weighted by molar-refractivity contribution is -0.146. The average Bonchev–Trinajstić information content (AvgIpc) is 2.92. The Labute approximate surface area is 129 Å². The molecular weight excluding hydrogens is 276 g/mol. The van der Waals surface area contributed by atoms with Crippen molar-refractivity contribution in [1.82, 2.24) is 10.2 Å². The molecule has 1 saturated heterocycles. The average molecular weight is 305 g/mol. The number of nitrogens with one attached hydrogen (secondary N) is 1. The molecule has 5 heteroatoms. The highest BCUT2D eigenvalue weighted by molar-refractivity contribution is 5.85. The molecule has 0 spiro atoms. The highest BCUT2D eigenvalue weighted by Crippen LogP contribution is 2.33.